The van der Waals surface area contributed by atoms with Crippen molar-refractivity contribution in [1.82, 2.24) is 15.5 Å². The number of rotatable bonds is 5. The highest BCUT2D eigenvalue weighted by molar-refractivity contribution is 5.87. The highest BCUT2D eigenvalue weighted by atomic mass is 16.3. The Morgan fingerprint density at radius 1 is 1.50 bits per heavy atom. The number of carbonyl (C=O) groups excluding carboxylic acids is 1. The van der Waals surface area contributed by atoms with E-state index in [1.54, 1.807) is 0 Å². The minimum absolute atomic E-state index is 0.0207. The first-order valence-electron chi connectivity index (χ1n) is 6.96. The van der Waals surface area contributed by atoms with Gasteiger partial charge in [-0.15, -0.1) is 0 Å². The lowest BCUT2D eigenvalue weighted by atomic mass is 9.96. The topological polar surface area (TPSA) is 78.0 Å². The third-order valence-corrected chi connectivity index (χ3v) is 4.11. The Kier molecular flexibility index (Phi) is 3.22. The highest BCUT2D eigenvalue weighted by Crippen LogP contribution is 2.39. The fourth-order valence-corrected chi connectivity index (χ4v) is 2.66. The zero-order chi connectivity index (χ0) is 14.2. The first-order chi connectivity index (χ1) is 9.62. The van der Waals surface area contributed by atoms with Gasteiger partial charge in [-0.25, -0.2) is 0 Å². The van der Waals surface area contributed by atoms with Crippen molar-refractivity contribution in [2.24, 2.45) is 5.92 Å². The second kappa shape index (κ2) is 4.90. The summed E-state index contributed by atoms with van der Waals surface area (Å²) in [5.41, 5.74) is 1.18. The average molecular weight is 273 g/mol. The number of aliphatic hydroxyl groups excluding tert-OH is 1. The van der Waals surface area contributed by atoms with Gasteiger partial charge in [-0.1, -0.05) is 18.2 Å². The van der Waals surface area contributed by atoms with Crippen LogP contribution in [-0.4, -0.2) is 33.4 Å². The molecular weight excluding hydrogens is 254 g/mol. The number of carbonyl (C=O) groups is 1. The van der Waals surface area contributed by atoms with E-state index in [-0.39, 0.29) is 18.9 Å². The van der Waals surface area contributed by atoms with Crippen LogP contribution in [0.2, 0.25) is 0 Å². The number of hydrogen-bond acceptors (Lipinski definition) is 3. The lowest BCUT2D eigenvalue weighted by Gasteiger charge is -2.28. The van der Waals surface area contributed by atoms with Crippen molar-refractivity contribution >= 4 is 16.8 Å². The van der Waals surface area contributed by atoms with Crippen LogP contribution in [0, 0.1) is 5.92 Å². The molecule has 5 nitrogen and oxygen atoms in total. The Morgan fingerprint density at radius 2 is 2.25 bits per heavy atom. The molecule has 0 aliphatic heterocycles. The van der Waals surface area contributed by atoms with Crippen LogP contribution >= 0.6 is 0 Å². The second-order valence-corrected chi connectivity index (χ2v) is 5.79. The molecule has 1 amide bonds. The Bertz CT molecular complexity index is 633. The standard InChI is InChI=1S/C15H19N3O2/c1-15(9-19,10-6-7-10)16-14(20)8-13-11-4-2-3-5-12(11)17-18-13/h2-5,10,19H,6-9H2,1H3,(H,16,20)(H,17,18). The summed E-state index contributed by atoms with van der Waals surface area (Å²) in [5, 5.41) is 20.6. The van der Waals surface area contributed by atoms with Gasteiger partial charge in [0.15, 0.2) is 0 Å². The molecular formula is C15H19N3O2. The highest BCUT2D eigenvalue weighted by Gasteiger charge is 2.42. The van der Waals surface area contributed by atoms with Crippen LogP contribution in [0.3, 0.4) is 0 Å². The number of nitrogens with one attached hydrogen (secondary N) is 2. The third-order valence-electron chi connectivity index (χ3n) is 4.11. The predicted molar refractivity (Wildman–Crippen MR) is 76.2 cm³/mol. The minimum atomic E-state index is -0.493. The molecule has 0 bridgehead atoms. The van der Waals surface area contributed by atoms with E-state index in [0.29, 0.717) is 5.92 Å². The number of nitrogens with zero attached hydrogens (tertiary/aromatic N) is 1. The molecule has 1 aliphatic carbocycles. The first-order valence-corrected chi connectivity index (χ1v) is 6.96. The Morgan fingerprint density at radius 3 is 2.95 bits per heavy atom. The molecule has 1 aromatic heterocycles. The molecule has 0 saturated heterocycles. The van der Waals surface area contributed by atoms with Gasteiger partial charge in [-0.05, 0) is 31.7 Å². The van der Waals surface area contributed by atoms with Crippen LogP contribution in [-0.2, 0) is 11.2 Å². The molecule has 5 heteroatoms. The maximum Gasteiger partial charge on any atom is 0.226 e. The molecule has 3 N–H and O–H groups in total. The molecule has 0 spiro atoms. The van der Waals surface area contributed by atoms with Crippen LogP contribution in [0.4, 0.5) is 0 Å². The van der Waals surface area contributed by atoms with Crippen molar-refractivity contribution in [2.75, 3.05) is 6.61 Å². The lowest BCUT2D eigenvalue weighted by Crippen LogP contribution is -2.51. The Labute approximate surface area is 117 Å². The van der Waals surface area contributed by atoms with Gasteiger partial charge in [0.05, 0.1) is 29.8 Å². The SMILES string of the molecule is CC(CO)(NC(=O)Cc1[nH]nc2ccccc12)C1CC1. The number of aromatic nitrogens is 2. The average Bonchev–Trinajstić information content (AvgIpc) is 3.23. The number of H-pyrrole nitrogens is 1. The summed E-state index contributed by atoms with van der Waals surface area (Å²) in [5.74, 6) is 0.317. The number of para-hydroxylation sites is 1. The molecule has 0 radical (unpaired) electrons. The van der Waals surface area contributed by atoms with Gasteiger partial charge in [0, 0.05) is 5.39 Å². The molecule has 106 valence electrons. The summed E-state index contributed by atoms with van der Waals surface area (Å²) in [6, 6.07) is 7.72. The van der Waals surface area contributed by atoms with E-state index < -0.39 is 5.54 Å². The zero-order valence-corrected chi connectivity index (χ0v) is 11.5. The predicted octanol–water partition coefficient (Wildman–Crippen LogP) is 1.38. The van der Waals surface area contributed by atoms with Crippen molar-refractivity contribution in [1.29, 1.82) is 0 Å². The van der Waals surface area contributed by atoms with Crippen molar-refractivity contribution in [3.63, 3.8) is 0 Å². The summed E-state index contributed by atoms with van der Waals surface area (Å²) in [6.07, 6.45) is 2.40. The van der Waals surface area contributed by atoms with Crippen molar-refractivity contribution in [2.45, 2.75) is 31.7 Å². The normalized spacial score (nSPS) is 17.9. The monoisotopic (exact) mass is 273 g/mol. The summed E-state index contributed by atoms with van der Waals surface area (Å²) in [6.45, 7) is 1.89. The van der Waals surface area contributed by atoms with Gasteiger partial charge >= 0.3 is 0 Å². The van der Waals surface area contributed by atoms with Crippen molar-refractivity contribution < 1.29 is 9.90 Å². The number of hydrogen-bond donors (Lipinski definition) is 3. The summed E-state index contributed by atoms with van der Waals surface area (Å²) >= 11 is 0. The number of benzene rings is 1. The van der Waals surface area contributed by atoms with Crippen LogP contribution in [0.1, 0.15) is 25.5 Å². The van der Waals surface area contributed by atoms with Crippen molar-refractivity contribution in [3.05, 3.63) is 30.0 Å². The smallest absolute Gasteiger partial charge is 0.226 e. The molecule has 1 fully saturated rings. The van der Waals surface area contributed by atoms with Gasteiger partial charge in [-0.3, -0.25) is 9.89 Å². The molecule has 1 heterocycles. The molecule has 1 saturated carbocycles. The first kappa shape index (κ1) is 13.1. The van der Waals surface area contributed by atoms with E-state index in [4.69, 9.17) is 0 Å². The van der Waals surface area contributed by atoms with Crippen LogP contribution in [0.25, 0.3) is 10.9 Å². The fourth-order valence-electron chi connectivity index (χ4n) is 2.66. The zero-order valence-electron chi connectivity index (χ0n) is 11.5. The van der Waals surface area contributed by atoms with Crippen molar-refractivity contribution in [3.8, 4) is 0 Å². The van der Waals surface area contributed by atoms with E-state index in [1.807, 2.05) is 31.2 Å². The summed E-state index contributed by atoms with van der Waals surface area (Å²) in [7, 11) is 0. The molecule has 2 aromatic rings. The molecule has 3 rings (SSSR count). The quantitative estimate of drug-likeness (QED) is 0.770. The third kappa shape index (κ3) is 2.41. The van der Waals surface area contributed by atoms with Gasteiger partial charge in [0.25, 0.3) is 0 Å². The molecule has 1 unspecified atom stereocenters. The lowest BCUT2D eigenvalue weighted by molar-refractivity contribution is -0.123. The van der Waals surface area contributed by atoms with E-state index in [9.17, 15) is 9.90 Å². The van der Waals surface area contributed by atoms with Gasteiger partial charge < -0.3 is 10.4 Å². The van der Waals surface area contributed by atoms with Crippen LogP contribution in [0.5, 0.6) is 0 Å². The van der Waals surface area contributed by atoms with Gasteiger partial charge in [-0.2, -0.15) is 5.10 Å². The van der Waals surface area contributed by atoms with E-state index in [1.165, 1.54) is 0 Å². The molecule has 1 aromatic carbocycles. The van der Waals surface area contributed by atoms with Gasteiger partial charge in [0.2, 0.25) is 5.91 Å². The van der Waals surface area contributed by atoms with Crippen LogP contribution in [0.15, 0.2) is 24.3 Å². The maximum absolute atomic E-state index is 12.2. The summed E-state index contributed by atoms with van der Waals surface area (Å²) in [4.78, 5) is 12.2. The number of amides is 1. The molecule has 1 aliphatic rings. The Balaban J connectivity index is 1.72. The van der Waals surface area contributed by atoms with Crippen LogP contribution < -0.4 is 5.32 Å². The van der Waals surface area contributed by atoms with E-state index >= 15 is 0 Å². The van der Waals surface area contributed by atoms with Gasteiger partial charge in [0.1, 0.15) is 0 Å². The number of aromatic amines is 1. The maximum atomic E-state index is 12.2. The second-order valence-electron chi connectivity index (χ2n) is 5.79. The van der Waals surface area contributed by atoms with E-state index in [0.717, 1.165) is 29.4 Å². The largest absolute Gasteiger partial charge is 0.394 e. The number of aliphatic hydroxyl groups is 1. The summed E-state index contributed by atoms with van der Waals surface area (Å²) < 4.78 is 0. The number of fused-ring (bicyclic) bond motifs is 1. The minimum Gasteiger partial charge on any atom is -0.394 e. The molecule has 1 atom stereocenters. The Hall–Kier alpha value is -1.88. The molecule has 20 heavy (non-hydrogen) atoms. The fraction of sp³-hybridized carbons (Fsp3) is 0.467. The van der Waals surface area contributed by atoms with E-state index in [2.05, 4.69) is 15.5 Å².